The van der Waals surface area contributed by atoms with Crippen LogP contribution in [-0.4, -0.2) is 57.6 Å². The van der Waals surface area contributed by atoms with E-state index in [0.717, 1.165) is 14.7 Å². The highest BCUT2D eigenvalue weighted by Gasteiger charge is 2.42. The largest absolute Gasteiger partial charge is 0.508 e. The van der Waals surface area contributed by atoms with Gasteiger partial charge in [-0.1, -0.05) is 70.8 Å². The maximum atomic E-state index is 9.79. The molecular formula is C37H49N6O8P6S3+. The number of nitrogens with one attached hydrogen (secondary N) is 1. The molecule has 0 fully saturated rings. The summed E-state index contributed by atoms with van der Waals surface area (Å²) in [4.78, 5) is 6.24. The zero-order valence-electron chi connectivity index (χ0n) is 33.4. The molecule has 60 heavy (non-hydrogen) atoms. The molecule has 0 saturated carbocycles. The van der Waals surface area contributed by atoms with Crippen LogP contribution in [0.5, 0.6) is 23.0 Å². The SMILES string of the molecule is COP(N[P+](C)(N=P(C)(N)Oc1ccc(O)cc1)OCCOP(N)(=NP(C)(=NP(OC)Sc1ccccc1)Sc1ccccc1)Sc1ccccc1)Oc1ccc(O)cc1. The molecule has 6 unspecified atom stereocenters. The summed E-state index contributed by atoms with van der Waals surface area (Å²) in [6.45, 7) is 2.41. The van der Waals surface area contributed by atoms with E-state index in [9.17, 15) is 10.2 Å². The number of phenols is 2. The smallest absolute Gasteiger partial charge is 0.356 e. The molecule has 0 spiro atoms. The Balaban J connectivity index is 1.46. The predicted octanol–water partition coefficient (Wildman–Crippen LogP) is 13.9. The van der Waals surface area contributed by atoms with Crippen molar-refractivity contribution >= 4 is 78.4 Å². The van der Waals surface area contributed by atoms with Crippen LogP contribution in [0.3, 0.4) is 0 Å². The maximum absolute atomic E-state index is 9.79. The monoisotopic (exact) mass is 987 g/mol. The van der Waals surface area contributed by atoms with Crippen molar-refractivity contribution in [2.45, 2.75) is 14.7 Å². The van der Waals surface area contributed by atoms with Gasteiger partial charge in [0, 0.05) is 35.6 Å². The number of nitrogens with two attached hydrogens (primary N) is 2. The molecule has 0 saturated heterocycles. The number of hydrogen-bond acceptors (Lipinski definition) is 14. The normalized spacial score (nSPS) is 16.4. The van der Waals surface area contributed by atoms with E-state index >= 15 is 0 Å². The molecule has 7 N–H and O–H groups in total. The fourth-order valence-electron chi connectivity index (χ4n) is 4.86. The van der Waals surface area contributed by atoms with Gasteiger partial charge in [-0.05, 0) is 119 Å². The van der Waals surface area contributed by atoms with Crippen molar-refractivity contribution in [3.8, 4) is 23.0 Å². The third-order valence-corrected chi connectivity index (χ3v) is 29.0. The highest BCUT2D eigenvalue weighted by Crippen LogP contribution is 2.77. The van der Waals surface area contributed by atoms with Gasteiger partial charge in [-0.25, -0.2) is 9.03 Å². The fraction of sp³-hybridized carbons (Fsp3) is 0.189. The first kappa shape index (κ1) is 49.1. The summed E-state index contributed by atoms with van der Waals surface area (Å²) in [5, 5.41) is 19.6. The van der Waals surface area contributed by atoms with Gasteiger partial charge in [0.05, 0.1) is 6.61 Å². The lowest BCUT2D eigenvalue weighted by Gasteiger charge is -2.26. The van der Waals surface area contributed by atoms with Crippen molar-refractivity contribution in [1.29, 1.82) is 0 Å². The molecule has 0 aliphatic heterocycles. The van der Waals surface area contributed by atoms with Gasteiger partial charge in [0.2, 0.25) is 21.6 Å². The lowest BCUT2D eigenvalue weighted by atomic mass is 10.3. The second kappa shape index (κ2) is 23.7. The van der Waals surface area contributed by atoms with E-state index in [0.29, 0.717) is 11.5 Å². The first-order valence-electron chi connectivity index (χ1n) is 17.9. The summed E-state index contributed by atoms with van der Waals surface area (Å²) >= 11 is 4.50. The second-order valence-corrected chi connectivity index (χ2v) is 32.7. The number of benzene rings is 5. The minimum absolute atomic E-state index is 0.0304. The molecule has 5 aromatic carbocycles. The van der Waals surface area contributed by atoms with Crippen molar-refractivity contribution in [3.63, 3.8) is 0 Å². The topological polar surface area (TPSA) is 197 Å². The van der Waals surface area contributed by atoms with Crippen LogP contribution in [0, 0.1) is 0 Å². The van der Waals surface area contributed by atoms with Gasteiger partial charge >= 0.3 is 16.3 Å². The van der Waals surface area contributed by atoms with Gasteiger partial charge < -0.3 is 32.8 Å². The van der Waals surface area contributed by atoms with E-state index in [1.165, 1.54) is 42.8 Å². The van der Waals surface area contributed by atoms with E-state index in [4.69, 9.17) is 51.7 Å². The van der Waals surface area contributed by atoms with Gasteiger partial charge in [-0.3, -0.25) is 11.0 Å². The Labute approximate surface area is 367 Å². The van der Waals surface area contributed by atoms with Gasteiger partial charge in [0.1, 0.15) is 42.7 Å². The molecule has 322 valence electrons. The Morgan fingerprint density at radius 1 is 0.683 bits per heavy atom. The number of rotatable bonds is 22. The highest BCUT2D eigenvalue weighted by molar-refractivity contribution is 8.63. The first-order chi connectivity index (χ1) is 28.7. The second-order valence-electron chi connectivity index (χ2n) is 12.5. The molecular weight excluding hydrogens is 938 g/mol. The Morgan fingerprint density at radius 3 is 1.73 bits per heavy atom. The van der Waals surface area contributed by atoms with Crippen LogP contribution in [0.15, 0.2) is 168 Å². The molecule has 14 nitrogen and oxygen atoms in total. The van der Waals surface area contributed by atoms with Crippen molar-refractivity contribution < 1.29 is 37.4 Å². The van der Waals surface area contributed by atoms with Crippen molar-refractivity contribution in [2.75, 3.05) is 47.4 Å². The molecule has 6 atom stereocenters. The van der Waals surface area contributed by atoms with E-state index in [1.54, 1.807) is 67.5 Å². The van der Waals surface area contributed by atoms with Crippen LogP contribution in [0.25, 0.3) is 0 Å². The molecule has 5 rings (SSSR count). The van der Waals surface area contributed by atoms with E-state index in [1.807, 2.05) is 97.7 Å². The van der Waals surface area contributed by atoms with Crippen molar-refractivity contribution in [2.24, 2.45) is 24.6 Å². The lowest BCUT2D eigenvalue weighted by Crippen LogP contribution is -2.17. The number of aromatic hydroxyl groups is 2. The summed E-state index contributed by atoms with van der Waals surface area (Å²) < 4.78 is 52.8. The molecule has 0 aromatic heterocycles. The molecule has 0 aliphatic carbocycles. The first-order valence-corrected chi connectivity index (χ1v) is 32.7. The Morgan fingerprint density at radius 2 is 1.20 bits per heavy atom. The van der Waals surface area contributed by atoms with E-state index in [-0.39, 0.29) is 24.7 Å². The summed E-state index contributed by atoms with van der Waals surface area (Å²) in [5.41, 5.74) is 14.0. The summed E-state index contributed by atoms with van der Waals surface area (Å²) in [5.74, 6) is 1.07. The quantitative estimate of drug-likeness (QED) is 0.0324. The summed E-state index contributed by atoms with van der Waals surface area (Å²) in [6.07, 6.45) is -2.69. The van der Waals surface area contributed by atoms with Crippen LogP contribution in [-0.2, 0) is 18.1 Å². The highest BCUT2D eigenvalue weighted by atomic mass is 32.7. The standard InChI is InChI=1S/C37H48N6O8P6S3/c1-46-52(50-33-25-21-31(44)22-26-33)40-55(4,42-54(3,38)51-34-27-23-32(45)24-28-34)48-29-30-49-57(39,60-37-19-13-8-14-20-37)43-56(5,59-36-17-11-7-12-18-36)41-53(47-2)58-35-15-9-6-10-16-35/h6-28,40H,29-30,38-39H2,1-5H3,(H-,44,45)/p+1. The number of hydrogen-bond donors (Lipinski definition) is 5. The van der Waals surface area contributed by atoms with Gasteiger partial charge in [-0.15, -0.1) is 0 Å². The molecule has 0 bridgehead atoms. The third-order valence-electron chi connectivity index (χ3n) is 7.25. The summed E-state index contributed by atoms with van der Waals surface area (Å²) in [7, 11) is -6.12. The minimum Gasteiger partial charge on any atom is -0.508 e. The van der Waals surface area contributed by atoms with E-state index < -0.39 is 44.3 Å². The number of phenolic OH excluding ortho intramolecular Hbond substituents is 2. The van der Waals surface area contributed by atoms with E-state index in [2.05, 4.69) is 4.86 Å². The van der Waals surface area contributed by atoms with Crippen LogP contribution in [0.2, 0.25) is 0 Å². The van der Waals surface area contributed by atoms with Gasteiger partial charge in [-0.2, -0.15) is 4.52 Å². The minimum atomic E-state index is -3.18. The molecule has 0 heterocycles. The Hall–Kier alpha value is -1.95. The van der Waals surface area contributed by atoms with Crippen LogP contribution in [0.4, 0.5) is 0 Å². The molecule has 0 amide bonds. The fourth-order valence-corrected chi connectivity index (χ4v) is 29.0. The average Bonchev–Trinajstić information content (AvgIpc) is 3.21. The van der Waals surface area contributed by atoms with Gasteiger partial charge in [0.15, 0.2) is 0 Å². The lowest BCUT2D eigenvalue weighted by molar-refractivity contribution is 0.241. The predicted molar refractivity (Wildman–Crippen MR) is 258 cm³/mol. The molecule has 0 aliphatic rings. The Kier molecular flexibility index (Phi) is 19.3. The van der Waals surface area contributed by atoms with Crippen LogP contribution in [0.1, 0.15) is 0 Å². The maximum Gasteiger partial charge on any atom is 0.356 e. The van der Waals surface area contributed by atoms with Crippen LogP contribution >= 0.6 is 78.4 Å². The molecule has 5 aromatic rings. The zero-order valence-corrected chi connectivity index (χ0v) is 41.3. The van der Waals surface area contributed by atoms with Crippen molar-refractivity contribution in [3.05, 3.63) is 140 Å². The van der Waals surface area contributed by atoms with Crippen LogP contribution < -0.4 is 24.9 Å². The third kappa shape index (κ3) is 17.0. The molecule has 0 radical (unpaired) electrons. The van der Waals surface area contributed by atoms with Crippen molar-refractivity contribution in [1.82, 2.24) is 4.86 Å². The van der Waals surface area contributed by atoms with Gasteiger partial charge in [0.25, 0.3) is 0 Å². The Bertz CT molecular complexity index is 2260. The molecule has 23 heteroatoms. The zero-order chi connectivity index (χ0) is 43.1. The average molecular weight is 988 g/mol. The summed E-state index contributed by atoms with van der Waals surface area (Å²) in [6, 6.07) is 42.3. The number of nitrogens with zero attached hydrogens (tertiary/aromatic N) is 3.